The summed E-state index contributed by atoms with van der Waals surface area (Å²) in [7, 11) is -3.62. The Morgan fingerprint density at radius 3 is 2.47 bits per heavy atom. The highest BCUT2D eigenvalue weighted by atomic mass is 32.2. The maximum Gasteiger partial charge on any atom is 0.238 e. The lowest BCUT2D eigenvalue weighted by Gasteiger charge is -2.06. The Morgan fingerprint density at radius 1 is 1.32 bits per heavy atom. The average molecular weight is 284 g/mol. The van der Waals surface area contributed by atoms with Gasteiger partial charge in [0.2, 0.25) is 10.0 Å². The lowest BCUT2D eigenvalue weighted by molar-refractivity contribution is 0.598. The van der Waals surface area contributed by atoms with Crippen LogP contribution in [0.25, 0.3) is 0 Å². The molecule has 0 fully saturated rings. The molecule has 0 saturated carbocycles. The van der Waals surface area contributed by atoms with Crippen LogP contribution in [0.15, 0.2) is 34.2 Å². The molecule has 0 heterocycles. The highest BCUT2D eigenvalue weighted by Crippen LogP contribution is 2.08. The van der Waals surface area contributed by atoms with Crippen molar-refractivity contribution < 1.29 is 8.42 Å². The highest BCUT2D eigenvalue weighted by molar-refractivity contribution is 7.89. The van der Waals surface area contributed by atoms with Crippen LogP contribution in [0.3, 0.4) is 0 Å². The molecule has 5 N–H and O–H groups in total. The SMILES string of the molecule is CCCN=C(N)NCCc1ccc(S(N)(=O)=O)cc1. The fraction of sp³-hybridized carbons (Fsp3) is 0.417. The monoisotopic (exact) mass is 284 g/mol. The first-order chi connectivity index (χ1) is 8.93. The second-order valence-corrected chi connectivity index (χ2v) is 5.69. The molecule has 0 amide bonds. The van der Waals surface area contributed by atoms with Crippen molar-refractivity contribution >= 4 is 16.0 Å². The standard InChI is InChI=1S/C12H20N4O2S/c1-2-8-15-12(13)16-9-7-10-3-5-11(6-4-10)19(14,17)18/h3-6H,2,7-9H2,1H3,(H3,13,15,16)(H2,14,17,18). The Labute approximate surface area is 114 Å². The van der Waals surface area contributed by atoms with Gasteiger partial charge >= 0.3 is 0 Å². The summed E-state index contributed by atoms with van der Waals surface area (Å²) in [6.45, 7) is 3.39. The maximum absolute atomic E-state index is 11.1. The zero-order valence-corrected chi connectivity index (χ0v) is 11.8. The molecule has 0 aliphatic rings. The number of benzene rings is 1. The molecular weight excluding hydrogens is 264 g/mol. The first-order valence-electron chi connectivity index (χ1n) is 6.09. The van der Waals surface area contributed by atoms with Crippen molar-refractivity contribution in [3.63, 3.8) is 0 Å². The first kappa shape index (κ1) is 15.5. The van der Waals surface area contributed by atoms with Crippen molar-refractivity contribution in [2.45, 2.75) is 24.7 Å². The van der Waals surface area contributed by atoms with Gasteiger partial charge in [0.1, 0.15) is 0 Å². The summed E-state index contributed by atoms with van der Waals surface area (Å²) in [5.74, 6) is 0.433. The molecule has 0 aromatic heterocycles. The van der Waals surface area contributed by atoms with Gasteiger partial charge in [-0.05, 0) is 30.5 Å². The predicted octanol–water partition coefficient (Wildman–Crippen LogP) is 0.191. The largest absolute Gasteiger partial charge is 0.370 e. The predicted molar refractivity (Wildman–Crippen MR) is 76.3 cm³/mol. The molecule has 0 bridgehead atoms. The van der Waals surface area contributed by atoms with E-state index in [1.807, 2.05) is 6.92 Å². The number of hydrogen-bond acceptors (Lipinski definition) is 3. The molecule has 1 aromatic rings. The van der Waals surface area contributed by atoms with E-state index in [-0.39, 0.29) is 4.90 Å². The Morgan fingerprint density at radius 2 is 1.95 bits per heavy atom. The van der Waals surface area contributed by atoms with E-state index in [9.17, 15) is 8.42 Å². The Balaban J connectivity index is 2.47. The molecule has 0 aliphatic heterocycles. The van der Waals surface area contributed by atoms with E-state index in [0.717, 1.165) is 18.4 Å². The minimum absolute atomic E-state index is 0.119. The van der Waals surface area contributed by atoms with E-state index in [1.165, 1.54) is 12.1 Å². The molecule has 106 valence electrons. The molecule has 1 aromatic carbocycles. The third-order valence-corrected chi connectivity index (χ3v) is 3.41. The van der Waals surface area contributed by atoms with Crippen LogP contribution >= 0.6 is 0 Å². The Hall–Kier alpha value is -1.60. The summed E-state index contributed by atoms with van der Waals surface area (Å²) in [5, 5.41) is 8.02. The number of guanidine groups is 1. The molecule has 7 heteroatoms. The summed E-state index contributed by atoms with van der Waals surface area (Å²) in [6.07, 6.45) is 1.69. The molecule has 0 unspecified atom stereocenters. The summed E-state index contributed by atoms with van der Waals surface area (Å²) < 4.78 is 22.2. The number of rotatable bonds is 6. The third-order valence-electron chi connectivity index (χ3n) is 2.48. The number of hydrogen-bond donors (Lipinski definition) is 3. The van der Waals surface area contributed by atoms with Crippen LogP contribution in [0.5, 0.6) is 0 Å². The van der Waals surface area contributed by atoms with Crippen molar-refractivity contribution in [3.05, 3.63) is 29.8 Å². The van der Waals surface area contributed by atoms with Gasteiger partial charge in [0.05, 0.1) is 4.90 Å². The van der Waals surface area contributed by atoms with Crippen molar-refractivity contribution in [2.75, 3.05) is 13.1 Å². The second kappa shape index (κ2) is 7.10. The molecule has 19 heavy (non-hydrogen) atoms. The van der Waals surface area contributed by atoms with Gasteiger partial charge < -0.3 is 11.1 Å². The maximum atomic E-state index is 11.1. The van der Waals surface area contributed by atoms with Crippen LogP contribution in [-0.4, -0.2) is 27.5 Å². The van der Waals surface area contributed by atoms with Crippen LogP contribution in [0.2, 0.25) is 0 Å². The van der Waals surface area contributed by atoms with Gasteiger partial charge in [0.25, 0.3) is 0 Å². The van der Waals surface area contributed by atoms with E-state index in [0.29, 0.717) is 19.0 Å². The van der Waals surface area contributed by atoms with Crippen LogP contribution < -0.4 is 16.2 Å². The summed E-state index contributed by atoms with van der Waals surface area (Å²) in [4.78, 5) is 4.23. The molecule has 0 saturated heterocycles. The number of sulfonamides is 1. The number of aliphatic imine (C=N–C) groups is 1. The minimum Gasteiger partial charge on any atom is -0.370 e. The van der Waals surface area contributed by atoms with Crippen LogP contribution in [-0.2, 0) is 16.4 Å². The van der Waals surface area contributed by atoms with E-state index in [1.54, 1.807) is 12.1 Å². The molecule has 0 radical (unpaired) electrons. The van der Waals surface area contributed by atoms with E-state index >= 15 is 0 Å². The molecule has 0 spiro atoms. The number of nitrogens with zero attached hydrogens (tertiary/aromatic N) is 1. The van der Waals surface area contributed by atoms with Gasteiger partial charge in [0, 0.05) is 13.1 Å². The van der Waals surface area contributed by atoms with Gasteiger partial charge in [-0.3, -0.25) is 4.99 Å². The quantitative estimate of drug-likeness (QED) is 0.511. The average Bonchev–Trinajstić information content (AvgIpc) is 2.36. The molecular formula is C12H20N4O2S. The van der Waals surface area contributed by atoms with Crippen molar-refractivity contribution in [3.8, 4) is 0 Å². The van der Waals surface area contributed by atoms with E-state index in [4.69, 9.17) is 10.9 Å². The number of nitrogens with two attached hydrogens (primary N) is 2. The minimum atomic E-state index is -3.62. The third kappa shape index (κ3) is 5.71. The highest BCUT2D eigenvalue weighted by Gasteiger charge is 2.06. The van der Waals surface area contributed by atoms with Gasteiger partial charge in [-0.1, -0.05) is 19.1 Å². The normalized spacial score (nSPS) is 12.4. The number of primary sulfonamides is 1. The van der Waals surface area contributed by atoms with Crippen molar-refractivity contribution in [1.29, 1.82) is 0 Å². The topological polar surface area (TPSA) is 111 Å². The van der Waals surface area contributed by atoms with E-state index in [2.05, 4.69) is 10.3 Å². The molecule has 0 atom stereocenters. The van der Waals surface area contributed by atoms with Gasteiger partial charge in [-0.2, -0.15) is 0 Å². The van der Waals surface area contributed by atoms with Crippen molar-refractivity contribution in [2.24, 2.45) is 15.9 Å². The van der Waals surface area contributed by atoms with Gasteiger partial charge in [0.15, 0.2) is 5.96 Å². The fourth-order valence-electron chi connectivity index (χ4n) is 1.47. The first-order valence-corrected chi connectivity index (χ1v) is 7.63. The Bertz CT molecular complexity index is 523. The zero-order chi connectivity index (χ0) is 14.3. The lowest BCUT2D eigenvalue weighted by Crippen LogP contribution is -2.33. The smallest absolute Gasteiger partial charge is 0.238 e. The van der Waals surface area contributed by atoms with Crippen LogP contribution in [0.1, 0.15) is 18.9 Å². The lowest BCUT2D eigenvalue weighted by atomic mass is 10.1. The molecule has 1 rings (SSSR count). The Kier molecular flexibility index (Phi) is 5.78. The number of nitrogens with one attached hydrogen (secondary N) is 1. The van der Waals surface area contributed by atoms with Gasteiger partial charge in [-0.25, -0.2) is 13.6 Å². The molecule has 0 aliphatic carbocycles. The molecule has 6 nitrogen and oxygen atoms in total. The second-order valence-electron chi connectivity index (χ2n) is 4.13. The van der Waals surface area contributed by atoms with Crippen LogP contribution in [0.4, 0.5) is 0 Å². The summed E-state index contributed by atoms with van der Waals surface area (Å²) in [6, 6.07) is 6.47. The van der Waals surface area contributed by atoms with Crippen molar-refractivity contribution in [1.82, 2.24) is 5.32 Å². The van der Waals surface area contributed by atoms with Crippen LogP contribution in [0, 0.1) is 0 Å². The summed E-state index contributed by atoms with van der Waals surface area (Å²) in [5.41, 5.74) is 6.65. The van der Waals surface area contributed by atoms with E-state index < -0.39 is 10.0 Å². The van der Waals surface area contributed by atoms with Gasteiger partial charge in [-0.15, -0.1) is 0 Å². The fourth-order valence-corrected chi connectivity index (χ4v) is 1.98. The zero-order valence-electron chi connectivity index (χ0n) is 11.0. The summed E-state index contributed by atoms with van der Waals surface area (Å²) >= 11 is 0.